The zero-order valence-corrected chi connectivity index (χ0v) is 20.9. The van der Waals surface area contributed by atoms with E-state index in [1.807, 2.05) is 38.1 Å². The molecule has 0 bridgehead atoms. The number of carbonyl (C=O) groups excluding carboxylic acids is 1. The molecular formula is C27H34ClN3O3. The number of nitrogens with one attached hydrogen (secondary N) is 1. The molecule has 1 aromatic heterocycles. The minimum atomic E-state index is -0.247. The van der Waals surface area contributed by atoms with E-state index in [1.165, 1.54) is 0 Å². The fourth-order valence-electron chi connectivity index (χ4n) is 4.50. The second-order valence-corrected chi connectivity index (χ2v) is 9.37. The maximum Gasteiger partial charge on any atom is 0.249 e. The third-order valence-electron chi connectivity index (χ3n) is 6.33. The molecule has 1 N–H and O–H groups in total. The van der Waals surface area contributed by atoms with Crippen molar-refractivity contribution in [2.24, 2.45) is 0 Å². The highest BCUT2D eigenvalue weighted by molar-refractivity contribution is 6.32. The molecule has 1 fully saturated rings. The smallest absolute Gasteiger partial charge is 0.249 e. The van der Waals surface area contributed by atoms with Gasteiger partial charge in [0, 0.05) is 24.6 Å². The molecule has 0 radical (unpaired) electrons. The molecule has 3 aromatic rings. The van der Waals surface area contributed by atoms with Gasteiger partial charge in [0.1, 0.15) is 24.3 Å². The van der Waals surface area contributed by atoms with E-state index < -0.39 is 0 Å². The van der Waals surface area contributed by atoms with Crippen LogP contribution < -0.4 is 10.1 Å². The first-order valence-corrected chi connectivity index (χ1v) is 12.6. The Kier molecular flexibility index (Phi) is 8.46. The molecular weight excluding hydrogens is 450 g/mol. The number of carbonyl (C=O) groups is 1. The second kappa shape index (κ2) is 11.7. The van der Waals surface area contributed by atoms with Crippen LogP contribution in [0.5, 0.6) is 5.75 Å². The van der Waals surface area contributed by atoms with Gasteiger partial charge in [-0.25, -0.2) is 4.98 Å². The van der Waals surface area contributed by atoms with Crippen LogP contribution >= 0.6 is 11.6 Å². The third-order valence-corrected chi connectivity index (χ3v) is 6.92. The summed E-state index contributed by atoms with van der Waals surface area (Å²) in [6.45, 7) is 6.68. The summed E-state index contributed by atoms with van der Waals surface area (Å²) < 4.78 is 13.8. The number of halogens is 1. The van der Waals surface area contributed by atoms with Gasteiger partial charge in [0.25, 0.3) is 0 Å². The average molecular weight is 484 g/mol. The monoisotopic (exact) mass is 483 g/mol. The Morgan fingerprint density at radius 1 is 1.21 bits per heavy atom. The highest BCUT2D eigenvalue weighted by Crippen LogP contribution is 2.26. The van der Waals surface area contributed by atoms with Crippen molar-refractivity contribution in [3.63, 3.8) is 0 Å². The minimum Gasteiger partial charge on any atom is -0.492 e. The number of amides is 1. The van der Waals surface area contributed by atoms with E-state index >= 15 is 0 Å². The Hall–Kier alpha value is -2.57. The molecule has 0 spiro atoms. The number of unbranched alkanes of at least 4 members (excludes halogenated alkanes) is 2. The van der Waals surface area contributed by atoms with Crippen LogP contribution in [0.4, 0.5) is 0 Å². The first-order valence-electron chi connectivity index (χ1n) is 12.3. The van der Waals surface area contributed by atoms with Gasteiger partial charge in [0.05, 0.1) is 17.6 Å². The predicted molar refractivity (Wildman–Crippen MR) is 136 cm³/mol. The maximum absolute atomic E-state index is 12.0. The van der Waals surface area contributed by atoms with Gasteiger partial charge in [-0.2, -0.15) is 0 Å². The van der Waals surface area contributed by atoms with Crippen LogP contribution in [0.25, 0.3) is 11.0 Å². The highest BCUT2D eigenvalue weighted by atomic mass is 35.5. The van der Waals surface area contributed by atoms with E-state index in [1.54, 1.807) is 0 Å². The van der Waals surface area contributed by atoms with Crippen LogP contribution in [0.15, 0.2) is 36.4 Å². The van der Waals surface area contributed by atoms with Gasteiger partial charge in [0.2, 0.25) is 5.91 Å². The number of aryl methyl sites for hydroxylation is 3. The first-order chi connectivity index (χ1) is 16.5. The largest absolute Gasteiger partial charge is 0.492 e. The Morgan fingerprint density at radius 3 is 2.76 bits per heavy atom. The van der Waals surface area contributed by atoms with Crippen LogP contribution in [-0.2, 0) is 22.5 Å². The van der Waals surface area contributed by atoms with Gasteiger partial charge in [-0.05, 0) is 74.9 Å². The lowest BCUT2D eigenvalue weighted by molar-refractivity contribution is -0.130. The summed E-state index contributed by atoms with van der Waals surface area (Å²) in [6.07, 6.45) is 5.48. The Bertz CT molecular complexity index is 1100. The highest BCUT2D eigenvalue weighted by Gasteiger charge is 2.22. The molecule has 34 heavy (non-hydrogen) atoms. The van der Waals surface area contributed by atoms with Gasteiger partial charge in [0.15, 0.2) is 0 Å². The number of ether oxygens (including phenoxy) is 2. The average Bonchev–Trinajstić information content (AvgIpc) is 3.48. The van der Waals surface area contributed by atoms with Crippen molar-refractivity contribution in [2.75, 3.05) is 19.8 Å². The van der Waals surface area contributed by atoms with Crippen molar-refractivity contribution in [3.05, 3.63) is 58.4 Å². The van der Waals surface area contributed by atoms with E-state index in [0.29, 0.717) is 19.8 Å². The number of fused-ring (bicyclic) bond motifs is 1. The normalized spacial score (nSPS) is 15.7. The fraction of sp³-hybridized carbons (Fsp3) is 0.481. The number of hydrogen-bond acceptors (Lipinski definition) is 4. The Morgan fingerprint density at radius 2 is 2.00 bits per heavy atom. The molecule has 7 heteroatoms. The number of imidazole rings is 1. The zero-order chi connectivity index (χ0) is 23.9. The maximum atomic E-state index is 12.0. The van der Waals surface area contributed by atoms with Gasteiger partial charge >= 0.3 is 0 Å². The topological polar surface area (TPSA) is 65.4 Å². The summed E-state index contributed by atoms with van der Waals surface area (Å²) in [7, 11) is 0. The third kappa shape index (κ3) is 6.10. The van der Waals surface area contributed by atoms with Crippen LogP contribution in [-0.4, -0.2) is 41.3 Å². The lowest BCUT2D eigenvalue weighted by atomic mass is 10.1. The van der Waals surface area contributed by atoms with Crippen LogP contribution in [0.3, 0.4) is 0 Å². The summed E-state index contributed by atoms with van der Waals surface area (Å²) in [6, 6.07) is 12.2. The Labute approximate surface area is 206 Å². The number of para-hydroxylation sites is 2. The molecule has 0 aliphatic carbocycles. The van der Waals surface area contributed by atoms with Crippen molar-refractivity contribution in [1.82, 2.24) is 14.9 Å². The summed E-state index contributed by atoms with van der Waals surface area (Å²) in [5.74, 6) is 1.96. The molecule has 1 aliphatic heterocycles. The fourth-order valence-corrected chi connectivity index (χ4v) is 4.61. The van der Waals surface area contributed by atoms with Crippen LogP contribution in [0.2, 0.25) is 5.02 Å². The van der Waals surface area contributed by atoms with E-state index in [9.17, 15) is 4.79 Å². The van der Waals surface area contributed by atoms with Gasteiger partial charge in [-0.3, -0.25) is 4.79 Å². The molecule has 1 atom stereocenters. The van der Waals surface area contributed by atoms with E-state index in [-0.39, 0.29) is 12.0 Å². The number of aromatic nitrogens is 2. The number of rotatable bonds is 11. The van der Waals surface area contributed by atoms with Crippen molar-refractivity contribution in [3.8, 4) is 5.75 Å². The van der Waals surface area contributed by atoms with Crippen LogP contribution in [0.1, 0.15) is 49.1 Å². The van der Waals surface area contributed by atoms with Crippen LogP contribution in [0, 0.1) is 13.8 Å². The molecule has 6 nitrogen and oxygen atoms in total. The molecule has 4 rings (SSSR count). The molecule has 182 valence electrons. The van der Waals surface area contributed by atoms with Crippen molar-refractivity contribution < 1.29 is 14.3 Å². The number of nitrogens with zero attached hydrogens (tertiary/aromatic N) is 2. The lowest BCUT2D eigenvalue weighted by Gasteiger charge is -2.13. The van der Waals surface area contributed by atoms with Crippen molar-refractivity contribution in [2.45, 2.75) is 65.0 Å². The quantitative estimate of drug-likeness (QED) is 0.371. The molecule has 1 aliphatic rings. The minimum absolute atomic E-state index is 0.0327. The molecule has 2 heterocycles. The van der Waals surface area contributed by atoms with E-state index in [4.69, 9.17) is 26.1 Å². The SMILES string of the molecule is Cc1cc(OCCn2c(CCCCCNC(=O)C3CCCO3)nc3ccccc32)cc(C)c1Cl. The summed E-state index contributed by atoms with van der Waals surface area (Å²) >= 11 is 6.28. The second-order valence-electron chi connectivity index (χ2n) is 8.99. The van der Waals surface area contributed by atoms with Gasteiger partial charge in [-0.1, -0.05) is 30.2 Å². The van der Waals surface area contributed by atoms with Crippen molar-refractivity contribution >= 4 is 28.5 Å². The summed E-state index contributed by atoms with van der Waals surface area (Å²) in [4.78, 5) is 16.9. The van der Waals surface area contributed by atoms with E-state index in [2.05, 4.69) is 22.0 Å². The number of hydrogen-bond donors (Lipinski definition) is 1. The molecule has 0 saturated carbocycles. The predicted octanol–water partition coefficient (Wildman–Crippen LogP) is 5.39. The first kappa shape index (κ1) is 24.6. The summed E-state index contributed by atoms with van der Waals surface area (Å²) in [5, 5.41) is 3.79. The van der Waals surface area contributed by atoms with E-state index in [0.717, 1.165) is 83.8 Å². The molecule has 1 amide bonds. The standard InChI is InChI=1S/C27H34ClN3O3/c1-19-17-21(18-20(2)26(19)28)33-16-14-31-23-10-6-5-9-22(23)30-25(31)12-4-3-7-13-29-27(32)24-11-8-15-34-24/h5-6,9-10,17-18,24H,3-4,7-8,11-16H2,1-2H3,(H,29,32). The molecule has 1 saturated heterocycles. The molecule has 2 aromatic carbocycles. The van der Waals surface area contributed by atoms with Crippen molar-refractivity contribution in [1.29, 1.82) is 0 Å². The van der Waals surface area contributed by atoms with Gasteiger partial charge < -0.3 is 19.4 Å². The Balaban J connectivity index is 1.29. The summed E-state index contributed by atoms with van der Waals surface area (Å²) in [5.41, 5.74) is 4.20. The molecule has 1 unspecified atom stereocenters. The lowest BCUT2D eigenvalue weighted by Crippen LogP contribution is -2.34. The number of benzene rings is 2. The zero-order valence-electron chi connectivity index (χ0n) is 20.1. The van der Waals surface area contributed by atoms with Gasteiger partial charge in [-0.15, -0.1) is 0 Å².